The van der Waals surface area contributed by atoms with Crippen LogP contribution in [0.25, 0.3) is 11.0 Å². The highest BCUT2D eigenvalue weighted by Gasteiger charge is 2.25. The Morgan fingerprint density at radius 2 is 1.97 bits per heavy atom. The highest BCUT2D eigenvalue weighted by molar-refractivity contribution is 5.84. The van der Waals surface area contributed by atoms with Crippen LogP contribution >= 0.6 is 0 Å². The van der Waals surface area contributed by atoms with E-state index >= 15 is 0 Å². The molecule has 1 unspecified atom stereocenters. The molecule has 6 nitrogen and oxygen atoms in total. The average molecular weight is 407 g/mol. The first-order valence-electron chi connectivity index (χ1n) is 10.9. The van der Waals surface area contributed by atoms with Crippen molar-refractivity contribution in [1.29, 1.82) is 0 Å². The van der Waals surface area contributed by atoms with Gasteiger partial charge in [-0.05, 0) is 61.2 Å². The molecule has 2 aromatic heterocycles. The monoisotopic (exact) mass is 406 g/mol. The lowest BCUT2D eigenvalue weighted by molar-refractivity contribution is 0.0908. The van der Waals surface area contributed by atoms with Crippen molar-refractivity contribution in [3.05, 3.63) is 47.7 Å². The van der Waals surface area contributed by atoms with Crippen molar-refractivity contribution in [2.75, 3.05) is 43.6 Å². The minimum atomic E-state index is 0.315. The fraction of sp³-hybridized carbons (Fsp3) is 0.458. The van der Waals surface area contributed by atoms with Crippen LogP contribution in [-0.2, 0) is 29.4 Å². The molecule has 1 aliphatic carbocycles. The number of pyridine rings is 1. The largest absolute Gasteiger partial charge is 0.381 e. The number of aryl methyl sites for hydroxylation is 1. The molecule has 1 fully saturated rings. The van der Waals surface area contributed by atoms with Crippen molar-refractivity contribution >= 4 is 28.2 Å². The molecule has 3 heterocycles. The van der Waals surface area contributed by atoms with E-state index in [1.54, 1.807) is 0 Å². The molecule has 1 saturated heterocycles. The predicted octanol–water partition coefficient (Wildman–Crippen LogP) is 4.05. The molecule has 2 aliphatic rings. The van der Waals surface area contributed by atoms with Crippen LogP contribution in [0.3, 0.4) is 0 Å². The first kappa shape index (κ1) is 19.4. The fourth-order valence-electron chi connectivity index (χ4n) is 4.78. The quantitative estimate of drug-likeness (QED) is 0.709. The van der Waals surface area contributed by atoms with Crippen LogP contribution in [-0.4, -0.2) is 49.1 Å². The Hall–Kier alpha value is -2.57. The van der Waals surface area contributed by atoms with E-state index in [1.165, 1.54) is 22.3 Å². The third-order valence-electron chi connectivity index (χ3n) is 6.47. The molecule has 3 aromatic rings. The minimum Gasteiger partial charge on any atom is -0.381 e. The maximum atomic E-state index is 5.62. The molecule has 1 aromatic carbocycles. The van der Waals surface area contributed by atoms with Gasteiger partial charge in [-0.3, -0.25) is 0 Å². The van der Waals surface area contributed by atoms with Gasteiger partial charge in [0.05, 0.1) is 12.7 Å². The highest BCUT2D eigenvalue weighted by atomic mass is 16.5. The lowest BCUT2D eigenvalue weighted by Gasteiger charge is -2.22. The van der Waals surface area contributed by atoms with Gasteiger partial charge in [-0.2, -0.15) is 0 Å². The number of fused-ring (bicyclic) bond motifs is 3. The number of nitrogens with one attached hydrogen (secondary N) is 1. The lowest BCUT2D eigenvalue weighted by Crippen LogP contribution is -2.25. The van der Waals surface area contributed by atoms with Gasteiger partial charge in [0.1, 0.15) is 11.5 Å². The predicted molar refractivity (Wildman–Crippen MR) is 121 cm³/mol. The molecule has 30 heavy (non-hydrogen) atoms. The van der Waals surface area contributed by atoms with Gasteiger partial charge in [-0.15, -0.1) is 0 Å². The molecule has 0 spiro atoms. The van der Waals surface area contributed by atoms with Gasteiger partial charge < -0.3 is 24.3 Å². The maximum absolute atomic E-state index is 5.62. The van der Waals surface area contributed by atoms with E-state index in [4.69, 9.17) is 14.5 Å². The van der Waals surface area contributed by atoms with Crippen LogP contribution in [0.4, 0.5) is 17.2 Å². The van der Waals surface area contributed by atoms with Crippen LogP contribution in [0.15, 0.2) is 36.4 Å². The van der Waals surface area contributed by atoms with Gasteiger partial charge in [0.15, 0.2) is 0 Å². The third kappa shape index (κ3) is 3.66. The van der Waals surface area contributed by atoms with Crippen LogP contribution in [0.1, 0.15) is 24.1 Å². The van der Waals surface area contributed by atoms with Crippen molar-refractivity contribution in [2.24, 2.45) is 7.05 Å². The molecule has 6 heteroatoms. The number of aromatic nitrogens is 2. The van der Waals surface area contributed by atoms with E-state index < -0.39 is 0 Å². The Morgan fingerprint density at radius 1 is 1.10 bits per heavy atom. The summed E-state index contributed by atoms with van der Waals surface area (Å²) in [6.45, 7) is 3.66. The second kappa shape index (κ2) is 8.28. The Morgan fingerprint density at radius 3 is 2.80 bits per heavy atom. The molecular weight excluding hydrogens is 376 g/mol. The molecule has 0 radical (unpaired) electrons. The zero-order valence-corrected chi connectivity index (χ0v) is 17.9. The van der Waals surface area contributed by atoms with Gasteiger partial charge in [0.25, 0.3) is 0 Å². The fourth-order valence-corrected chi connectivity index (χ4v) is 4.78. The van der Waals surface area contributed by atoms with Gasteiger partial charge in [-0.1, -0.05) is 0 Å². The number of rotatable bonds is 4. The van der Waals surface area contributed by atoms with E-state index in [9.17, 15) is 0 Å². The molecule has 0 bridgehead atoms. The number of ether oxygens (including phenoxy) is 2. The van der Waals surface area contributed by atoms with Gasteiger partial charge >= 0.3 is 0 Å². The SMILES string of the molecule is COC1CCc2c(c3ccc(Nc4ccc(N5CCCOCC5)cc4)nc3n2C)C1. The average Bonchev–Trinajstić information content (AvgIpc) is 2.95. The van der Waals surface area contributed by atoms with Crippen molar-refractivity contribution < 1.29 is 9.47 Å². The summed E-state index contributed by atoms with van der Waals surface area (Å²) in [7, 11) is 3.94. The molecular formula is C24H30N4O2. The number of methoxy groups -OCH3 is 1. The zero-order valence-electron chi connectivity index (χ0n) is 17.9. The summed E-state index contributed by atoms with van der Waals surface area (Å²) in [5, 5.41) is 4.72. The van der Waals surface area contributed by atoms with Crippen LogP contribution < -0.4 is 10.2 Å². The summed E-state index contributed by atoms with van der Waals surface area (Å²) in [6.07, 6.45) is 4.49. The van der Waals surface area contributed by atoms with E-state index in [1.807, 2.05) is 7.11 Å². The number of hydrogen-bond donors (Lipinski definition) is 1. The summed E-state index contributed by atoms with van der Waals surface area (Å²) in [6, 6.07) is 12.9. The first-order valence-corrected chi connectivity index (χ1v) is 10.9. The first-order chi connectivity index (χ1) is 14.7. The summed E-state index contributed by atoms with van der Waals surface area (Å²) in [4.78, 5) is 7.33. The van der Waals surface area contributed by atoms with Crippen molar-refractivity contribution in [1.82, 2.24) is 9.55 Å². The molecule has 1 aliphatic heterocycles. The van der Waals surface area contributed by atoms with Gasteiger partial charge in [0.2, 0.25) is 0 Å². The van der Waals surface area contributed by atoms with Crippen molar-refractivity contribution in [3.8, 4) is 0 Å². The smallest absolute Gasteiger partial charge is 0.142 e. The molecule has 0 saturated carbocycles. The molecule has 158 valence electrons. The standard InChI is InChI=1S/C24H30N4O2/c1-27-22-10-8-19(29-2)16-21(22)20-9-11-23(26-24(20)27)25-17-4-6-18(7-5-17)28-12-3-14-30-15-13-28/h4-7,9,11,19H,3,8,10,12-16H2,1-2H3,(H,25,26). The minimum absolute atomic E-state index is 0.315. The summed E-state index contributed by atoms with van der Waals surface area (Å²) in [5.74, 6) is 0.875. The lowest BCUT2D eigenvalue weighted by atomic mass is 9.93. The Kier molecular flexibility index (Phi) is 5.35. The van der Waals surface area contributed by atoms with Gasteiger partial charge in [0, 0.05) is 62.7 Å². The highest BCUT2D eigenvalue weighted by Crippen LogP contribution is 2.32. The Labute approximate surface area is 177 Å². The number of benzene rings is 1. The van der Waals surface area contributed by atoms with E-state index in [0.717, 1.165) is 69.1 Å². The van der Waals surface area contributed by atoms with Gasteiger partial charge in [-0.25, -0.2) is 4.98 Å². The molecule has 0 amide bonds. The van der Waals surface area contributed by atoms with Crippen LogP contribution in [0.5, 0.6) is 0 Å². The summed E-state index contributed by atoms with van der Waals surface area (Å²) < 4.78 is 13.4. The van der Waals surface area contributed by atoms with Crippen molar-refractivity contribution in [2.45, 2.75) is 31.8 Å². The number of anilines is 3. The normalized spacial score (nSPS) is 19.5. The Bertz CT molecular complexity index is 1020. The number of hydrogen-bond acceptors (Lipinski definition) is 5. The molecule has 1 atom stereocenters. The topological polar surface area (TPSA) is 51.6 Å². The summed E-state index contributed by atoms with van der Waals surface area (Å²) in [5.41, 5.74) is 6.14. The van der Waals surface area contributed by atoms with Crippen LogP contribution in [0.2, 0.25) is 0 Å². The maximum Gasteiger partial charge on any atom is 0.142 e. The van der Waals surface area contributed by atoms with E-state index in [0.29, 0.717) is 6.10 Å². The van der Waals surface area contributed by atoms with E-state index in [2.05, 4.69) is 58.2 Å². The van der Waals surface area contributed by atoms with E-state index in [-0.39, 0.29) is 0 Å². The molecule has 1 N–H and O–H groups in total. The van der Waals surface area contributed by atoms with Crippen molar-refractivity contribution in [3.63, 3.8) is 0 Å². The second-order valence-corrected chi connectivity index (χ2v) is 8.28. The third-order valence-corrected chi connectivity index (χ3v) is 6.47. The second-order valence-electron chi connectivity index (χ2n) is 8.28. The summed E-state index contributed by atoms with van der Waals surface area (Å²) >= 11 is 0. The molecule has 5 rings (SSSR count). The number of nitrogens with zero attached hydrogens (tertiary/aromatic N) is 3. The Balaban J connectivity index is 1.36. The zero-order chi connectivity index (χ0) is 20.5. The van der Waals surface area contributed by atoms with Crippen LogP contribution in [0, 0.1) is 0 Å².